The summed E-state index contributed by atoms with van der Waals surface area (Å²) >= 11 is 0. The number of carbonyl (C=O) groups is 1. The molecule has 0 aliphatic heterocycles. The summed E-state index contributed by atoms with van der Waals surface area (Å²) < 4.78 is 5.12. The summed E-state index contributed by atoms with van der Waals surface area (Å²) in [6, 6.07) is 7.93. The van der Waals surface area contributed by atoms with Gasteiger partial charge in [0.25, 0.3) is 0 Å². The van der Waals surface area contributed by atoms with Crippen LogP contribution in [0.2, 0.25) is 0 Å². The van der Waals surface area contributed by atoms with E-state index in [1.54, 1.807) is 7.11 Å². The number of rotatable bonds is 5. The number of carbonyl (C=O) groups excluding carboxylic acids is 1. The Balaban J connectivity index is 2.54. The summed E-state index contributed by atoms with van der Waals surface area (Å²) in [5, 5.41) is 0. The van der Waals surface area contributed by atoms with Crippen molar-refractivity contribution in [3.63, 3.8) is 0 Å². The van der Waals surface area contributed by atoms with E-state index in [0.717, 1.165) is 12.3 Å². The predicted octanol–water partition coefficient (Wildman–Crippen LogP) is 2.74. The minimum absolute atomic E-state index is 0.263. The first-order valence-electron chi connectivity index (χ1n) is 6.17. The third-order valence-electron chi connectivity index (χ3n) is 2.86. The van der Waals surface area contributed by atoms with Crippen LogP contribution in [0, 0.1) is 5.41 Å². The van der Waals surface area contributed by atoms with Crippen molar-refractivity contribution in [3.05, 3.63) is 29.8 Å². The Morgan fingerprint density at radius 3 is 2.22 bits per heavy atom. The van der Waals surface area contributed by atoms with Gasteiger partial charge in [-0.25, -0.2) is 0 Å². The molecule has 0 saturated carbocycles. The molecule has 0 atom stereocenters. The highest BCUT2D eigenvalue weighted by Crippen LogP contribution is 2.16. The Hall–Kier alpha value is -1.35. The number of methoxy groups -OCH3 is 1. The fraction of sp³-hybridized carbons (Fsp3) is 0.533. The number of Topliss-reactive ketones (excluding diaryl/α,β-unsaturated/α-hetero) is 1. The van der Waals surface area contributed by atoms with E-state index in [1.165, 1.54) is 5.56 Å². The number of hydrogen-bond acceptors (Lipinski definition) is 3. The van der Waals surface area contributed by atoms with Crippen molar-refractivity contribution < 1.29 is 9.53 Å². The Labute approximate surface area is 110 Å². The molecule has 18 heavy (non-hydrogen) atoms. The molecule has 0 spiro atoms. The first-order chi connectivity index (χ1) is 8.32. The second kappa shape index (κ2) is 6.01. The standard InChI is InChI=1S/C15H23NO2/c1-15(2,3)14(17)11-16(4)10-12-6-8-13(18-5)9-7-12/h6-9H,10-11H2,1-5H3. The molecule has 0 radical (unpaired) electrons. The second-order valence-corrected chi connectivity index (χ2v) is 5.69. The van der Waals surface area contributed by atoms with E-state index in [1.807, 2.05) is 57.0 Å². The molecular weight excluding hydrogens is 226 g/mol. The van der Waals surface area contributed by atoms with Crippen LogP contribution in [0.25, 0.3) is 0 Å². The molecule has 0 aliphatic carbocycles. The molecule has 3 heteroatoms. The molecule has 100 valence electrons. The van der Waals surface area contributed by atoms with Crippen molar-refractivity contribution in [1.82, 2.24) is 4.90 Å². The maximum absolute atomic E-state index is 11.9. The summed E-state index contributed by atoms with van der Waals surface area (Å²) in [7, 11) is 3.62. The van der Waals surface area contributed by atoms with Gasteiger partial charge in [-0.1, -0.05) is 32.9 Å². The van der Waals surface area contributed by atoms with Gasteiger partial charge in [0.1, 0.15) is 5.75 Å². The molecule has 0 fully saturated rings. The lowest BCUT2D eigenvalue weighted by Crippen LogP contribution is -2.33. The van der Waals surface area contributed by atoms with Crippen molar-refractivity contribution in [3.8, 4) is 5.75 Å². The van der Waals surface area contributed by atoms with Crippen molar-refractivity contribution in [2.45, 2.75) is 27.3 Å². The third kappa shape index (κ3) is 4.49. The zero-order chi connectivity index (χ0) is 13.8. The summed E-state index contributed by atoms with van der Waals surface area (Å²) in [6.45, 7) is 7.12. The van der Waals surface area contributed by atoms with Crippen LogP contribution in [0.3, 0.4) is 0 Å². The van der Waals surface area contributed by atoms with Crippen LogP contribution in [0.1, 0.15) is 26.3 Å². The summed E-state index contributed by atoms with van der Waals surface area (Å²) in [5.74, 6) is 1.12. The first kappa shape index (κ1) is 14.7. The van der Waals surface area contributed by atoms with E-state index in [9.17, 15) is 4.79 Å². The normalized spacial score (nSPS) is 11.7. The zero-order valence-corrected chi connectivity index (χ0v) is 12.0. The molecule has 0 aliphatic rings. The monoisotopic (exact) mass is 249 g/mol. The van der Waals surface area contributed by atoms with Crippen LogP contribution in [-0.2, 0) is 11.3 Å². The van der Waals surface area contributed by atoms with Crippen LogP contribution in [0.4, 0.5) is 0 Å². The van der Waals surface area contributed by atoms with Gasteiger partial charge in [-0.3, -0.25) is 9.69 Å². The number of hydrogen-bond donors (Lipinski definition) is 0. The van der Waals surface area contributed by atoms with Gasteiger partial charge in [0, 0.05) is 12.0 Å². The topological polar surface area (TPSA) is 29.5 Å². The predicted molar refractivity (Wildman–Crippen MR) is 73.8 cm³/mol. The van der Waals surface area contributed by atoms with E-state index in [4.69, 9.17) is 4.74 Å². The maximum atomic E-state index is 11.9. The van der Waals surface area contributed by atoms with Crippen LogP contribution >= 0.6 is 0 Å². The van der Waals surface area contributed by atoms with Gasteiger partial charge in [0.2, 0.25) is 0 Å². The molecule has 1 rings (SSSR count). The quantitative estimate of drug-likeness (QED) is 0.803. The Kier molecular flexibility index (Phi) is 4.91. The highest BCUT2D eigenvalue weighted by Gasteiger charge is 2.22. The SMILES string of the molecule is COc1ccc(CN(C)CC(=O)C(C)(C)C)cc1. The van der Waals surface area contributed by atoms with E-state index in [-0.39, 0.29) is 11.2 Å². The fourth-order valence-electron chi connectivity index (χ4n) is 1.58. The molecule has 0 bridgehead atoms. The highest BCUT2D eigenvalue weighted by molar-refractivity contribution is 5.85. The van der Waals surface area contributed by atoms with Crippen LogP contribution in [-0.4, -0.2) is 31.4 Å². The van der Waals surface area contributed by atoms with Gasteiger partial charge in [0.05, 0.1) is 13.7 Å². The van der Waals surface area contributed by atoms with Crippen molar-refractivity contribution in [2.75, 3.05) is 20.7 Å². The largest absolute Gasteiger partial charge is 0.497 e. The van der Waals surface area contributed by atoms with E-state index >= 15 is 0 Å². The maximum Gasteiger partial charge on any atom is 0.152 e. The number of likely N-dealkylation sites (N-methyl/N-ethyl adjacent to an activating group) is 1. The number of ether oxygens (including phenoxy) is 1. The van der Waals surface area contributed by atoms with Crippen molar-refractivity contribution in [1.29, 1.82) is 0 Å². The van der Waals surface area contributed by atoms with Crippen LogP contribution in [0.5, 0.6) is 5.75 Å². The second-order valence-electron chi connectivity index (χ2n) is 5.69. The summed E-state index contributed by atoms with van der Waals surface area (Å²) in [6.07, 6.45) is 0. The minimum Gasteiger partial charge on any atom is -0.497 e. The minimum atomic E-state index is -0.270. The van der Waals surface area contributed by atoms with Crippen LogP contribution in [0.15, 0.2) is 24.3 Å². The third-order valence-corrected chi connectivity index (χ3v) is 2.86. The van der Waals surface area contributed by atoms with Gasteiger partial charge >= 0.3 is 0 Å². The molecular formula is C15H23NO2. The molecule has 3 nitrogen and oxygen atoms in total. The van der Waals surface area contributed by atoms with Gasteiger partial charge < -0.3 is 4.74 Å². The summed E-state index contributed by atoms with van der Waals surface area (Å²) in [4.78, 5) is 13.9. The molecule has 1 aromatic carbocycles. The Morgan fingerprint density at radius 2 is 1.78 bits per heavy atom. The lowest BCUT2D eigenvalue weighted by atomic mass is 9.90. The van der Waals surface area contributed by atoms with E-state index in [0.29, 0.717) is 6.54 Å². The Bertz CT molecular complexity index is 390. The summed E-state index contributed by atoms with van der Waals surface area (Å²) in [5.41, 5.74) is 0.911. The molecule has 0 saturated heterocycles. The molecule has 0 unspecified atom stereocenters. The van der Waals surface area contributed by atoms with Gasteiger partial charge in [-0.2, -0.15) is 0 Å². The molecule has 0 N–H and O–H groups in total. The molecule has 0 aromatic heterocycles. The molecule has 0 amide bonds. The lowest BCUT2D eigenvalue weighted by Gasteiger charge is -2.22. The van der Waals surface area contributed by atoms with Gasteiger partial charge in [-0.05, 0) is 24.7 Å². The lowest BCUT2D eigenvalue weighted by molar-refractivity contribution is -0.127. The van der Waals surface area contributed by atoms with Crippen molar-refractivity contribution in [2.24, 2.45) is 5.41 Å². The molecule has 0 heterocycles. The smallest absolute Gasteiger partial charge is 0.152 e. The van der Waals surface area contributed by atoms with Gasteiger partial charge in [-0.15, -0.1) is 0 Å². The Morgan fingerprint density at radius 1 is 1.22 bits per heavy atom. The van der Waals surface area contributed by atoms with Crippen LogP contribution < -0.4 is 4.74 Å². The first-order valence-corrected chi connectivity index (χ1v) is 6.17. The number of nitrogens with zero attached hydrogens (tertiary/aromatic N) is 1. The fourth-order valence-corrected chi connectivity index (χ4v) is 1.58. The zero-order valence-electron chi connectivity index (χ0n) is 12.0. The molecule has 1 aromatic rings. The van der Waals surface area contributed by atoms with Crippen molar-refractivity contribution >= 4 is 5.78 Å². The van der Waals surface area contributed by atoms with E-state index < -0.39 is 0 Å². The average Bonchev–Trinajstić information content (AvgIpc) is 2.28. The number of benzene rings is 1. The average molecular weight is 249 g/mol. The number of ketones is 1. The highest BCUT2D eigenvalue weighted by atomic mass is 16.5. The van der Waals surface area contributed by atoms with E-state index in [2.05, 4.69) is 0 Å². The van der Waals surface area contributed by atoms with Gasteiger partial charge in [0.15, 0.2) is 5.78 Å².